The predicted molar refractivity (Wildman–Crippen MR) is 174 cm³/mol. The van der Waals surface area contributed by atoms with E-state index >= 15 is 0 Å². The predicted octanol–water partition coefficient (Wildman–Crippen LogP) is 6.89. The maximum atomic E-state index is 14.7. The fourth-order valence-electron chi connectivity index (χ4n) is 6.04. The van der Waals surface area contributed by atoms with Crippen LogP contribution in [0, 0.1) is 43.3 Å². The summed E-state index contributed by atoms with van der Waals surface area (Å²) < 4.78 is 14.7. The van der Waals surface area contributed by atoms with Crippen LogP contribution in [0.15, 0.2) is 42.7 Å². The molecule has 3 heterocycles. The Morgan fingerprint density at radius 2 is 1.84 bits per heavy atom. The SMILES string of the molecule is CCc1ccc(N(CCc2cccc(Cl)c2F)C(=O)c2cnc(NC3CN(C(=O)C4CC4C(C)C(C)C)C3)c(C)c2C)nc1. The van der Waals surface area contributed by atoms with E-state index in [0.29, 0.717) is 53.6 Å². The minimum absolute atomic E-state index is 0.0565. The second kappa shape index (κ2) is 13.2. The van der Waals surface area contributed by atoms with Gasteiger partial charge in [0.05, 0.1) is 16.6 Å². The molecule has 234 valence electrons. The van der Waals surface area contributed by atoms with Crippen molar-refractivity contribution in [3.8, 4) is 0 Å². The van der Waals surface area contributed by atoms with Gasteiger partial charge >= 0.3 is 0 Å². The highest BCUT2D eigenvalue weighted by Crippen LogP contribution is 2.48. The van der Waals surface area contributed by atoms with E-state index in [4.69, 9.17) is 11.6 Å². The van der Waals surface area contributed by atoms with Gasteiger partial charge in [0.25, 0.3) is 5.91 Å². The lowest BCUT2D eigenvalue weighted by Crippen LogP contribution is -2.57. The van der Waals surface area contributed by atoms with E-state index in [2.05, 4.69) is 36.1 Å². The number of anilines is 2. The van der Waals surface area contributed by atoms with Gasteiger partial charge in [0, 0.05) is 37.9 Å². The topological polar surface area (TPSA) is 78.4 Å². The number of carbonyl (C=O) groups excluding carboxylic acids is 2. The zero-order chi connectivity index (χ0) is 31.7. The molecule has 2 amide bonds. The Labute approximate surface area is 265 Å². The lowest BCUT2D eigenvalue weighted by atomic mass is 9.91. The number of rotatable bonds is 11. The van der Waals surface area contributed by atoms with Gasteiger partial charge in [0.2, 0.25) is 5.91 Å². The largest absolute Gasteiger partial charge is 0.364 e. The van der Waals surface area contributed by atoms with Gasteiger partial charge in [-0.3, -0.25) is 14.5 Å². The Bertz CT molecular complexity index is 1520. The lowest BCUT2D eigenvalue weighted by molar-refractivity contribution is -0.137. The Hall–Kier alpha value is -3.52. The van der Waals surface area contributed by atoms with Crippen LogP contribution in [0.25, 0.3) is 0 Å². The summed E-state index contributed by atoms with van der Waals surface area (Å²) in [6.07, 6.45) is 5.47. The number of aryl methyl sites for hydroxylation is 1. The van der Waals surface area contributed by atoms with Crippen molar-refractivity contribution >= 4 is 35.1 Å². The molecule has 3 atom stereocenters. The number of benzene rings is 1. The van der Waals surface area contributed by atoms with Crippen molar-refractivity contribution < 1.29 is 14.0 Å². The number of likely N-dealkylation sites (tertiary alicyclic amines) is 1. The van der Waals surface area contributed by atoms with Gasteiger partial charge in [-0.1, -0.05) is 57.5 Å². The van der Waals surface area contributed by atoms with Crippen LogP contribution in [-0.2, 0) is 17.6 Å². The van der Waals surface area contributed by atoms with Gasteiger partial charge in [-0.05, 0) is 85.3 Å². The highest BCUT2D eigenvalue weighted by atomic mass is 35.5. The first-order chi connectivity index (χ1) is 21.0. The van der Waals surface area contributed by atoms with E-state index in [1.165, 1.54) is 6.07 Å². The molecule has 0 radical (unpaired) electrons. The molecule has 1 saturated carbocycles. The zero-order valence-electron chi connectivity index (χ0n) is 26.5. The van der Waals surface area contributed by atoms with Crippen molar-refractivity contribution in [1.82, 2.24) is 14.9 Å². The fourth-order valence-corrected chi connectivity index (χ4v) is 6.23. The van der Waals surface area contributed by atoms with Crippen molar-refractivity contribution in [1.29, 1.82) is 0 Å². The van der Waals surface area contributed by atoms with Crippen LogP contribution >= 0.6 is 11.6 Å². The summed E-state index contributed by atoms with van der Waals surface area (Å²) in [5, 5.41) is 3.54. The average Bonchev–Trinajstić information content (AvgIpc) is 3.79. The molecule has 1 aliphatic heterocycles. The maximum Gasteiger partial charge on any atom is 0.261 e. The second-order valence-electron chi connectivity index (χ2n) is 12.8. The molecule has 0 bridgehead atoms. The van der Waals surface area contributed by atoms with Gasteiger partial charge in [-0.25, -0.2) is 14.4 Å². The maximum absolute atomic E-state index is 14.7. The number of carbonyl (C=O) groups is 2. The molecule has 1 saturated heterocycles. The molecule has 1 aliphatic carbocycles. The van der Waals surface area contributed by atoms with Crippen molar-refractivity contribution in [2.24, 2.45) is 23.7 Å². The van der Waals surface area contributed by atoms with Crippen molar-refractivity contribution in [2.75, 3.05) is 29.9 Å². The van der Waals surface area contributed by atoms with E-state index in [9.17, 15) is 14.0 Å². The third kappa shape index (κ3) is 6.60. The molecule has 1 aromatic carbocycles. The van der Waals surface area contributed by atoms with E-state index < -0.39 is 5.82 Å². The third-order valence-electron chi connectivity index (χ3n) is 9.67. The highest BCUT2D eigenvalue weighted by molar-refractivity contribution is 6.30. The summed E-state index contributed by atoms with van der Waals surface area (Å²) in [6.45, 7) is 14.2. The molecule has 2 aliphatic rings. The first kappa shape index (κ1) is 31.9. The summed E-state index contributed by atoms with van der Waals surface area (Å²) in [7, 11) is 0. The molecule has 0 spiro atoms. The quantitative estimate of drug-likeness (QED) is 0.253. The molecular weight excluding hydrogens is 577 g/mol. The number of hydrogen-bond acceptors (Lipinski definition) is 5. The monoisotopic (exact) mass is 619 g/mol. The van der Waals surface area contributed by atoms with Crippen LogP contribution in [0.5, 0.6) is 0 Å². The van der Waals surface area contributed by atoms with Gasteiger partial charge in [-0.2, -0.15) is 0 Å². The third-order valence-corrected chi connectivity index (χ3v) is 9.96. The summed E-state index contributed by atoms with van der Waals surface area (Å²) in [4.78, 5) is 39.7. The standard InChI is InChI=1S/C35H43ClFN5O2/c1-7-24-11-12-31(38-16-24)42(14-13-25-9-8-10-30(36)32(25)37)35(44)29-17-39-33(23(6)22(29)5)40-26-18-41(19-26)34(43)28-15-27(28)21(4)20(2)3/h8-12,16-17,20-21,26-28H,7,13-15,18-19H2,1-6H3,(H,39,40). The van der Waals surface area contributed by atoms with Crippen LogP contribution in [0.2, 0.25) is 5.02 Å². The minimum atomic E-state index is -0.474. The van der Waals surface area contributed by atoms with Gasteiger partial charge in [0.1, 0.15) is 17.5 Å². The van der Waals surface area contributed by atoms with E-state index in [-0.39, 0.29) is 41.8 Å². The Morgan fingerprint density at radius 1 is 1.09 bits per heavy atom. The Morgan fingerprint density at radius 3 is 2.50 bits per heavy atom. The molecule has 3 aromatic rings. The lowest BCUT2D eigenvalue weighted by Gasteiger charge is -2.40. The van der Waals surface area contributed by atoms with Gasteiger partial charge in [-0.15, -0.1) is 0 Å². The molecule has 2 fully saturated rings. The van der Waals surface area contributed by atoms with Crippen molar-refractivity contribution in [2.45, 2.75) is 66.8 Å². The fraction of sp³-hybridized carbons (Fsp3) is 0.486. The van der Waals surface area contributed by atoms with Gasteiger partial charge < -0.3 is 10.2 Å². The number of nitrogens with zero attached hydrogens (tertiary/aromatic N) is 4. The molecule has 3 unspecified atom stereocenters. The number of aromatic nitrogens is 2. The van der Waals surface area contributed by atoms with Crippen molar-refractivity contribution in [3.63, 3.8) is 0 Å². The summed E-state index contributed by atoms with van der Waals surface area (Å²) in [5.74, 6) is 2.60. The summed E-state index contributed by atoms with van der Waals surface area (Å²) in [6, 6.07) is 8.80. The number of nitrogens with one attached hydrogen (secondary N) is 1. The number of halogens is 2. The highest BCUT2D eigenvalue weighted by Gasteiger charge is 2.50. The molecular formula is C35H43ClFN5O2. The van der Waals surface area contributed by atoms with Crippen LogP contribution in [0.3, 0.4) is 0 Å². The van der Waals surface area contributed by atoms with E-state index in [1.807, 2.05) is 37.8 Å². The average molecular weight is 620 g/mol. The Kier molecular flexibility index (Phi) is 9.59. The molecule has 7 nitrogen and oxygen atoms in total. The van der Waals surface area contributed by atoms with E-state index in [0.717, 1.165) is 29.5 Å². The summed E-state index contributed by atoms with van der Waals surface area (Å²) >= 11 is 6.01. The summed E-state index contributed by atoms with van der Waals surface area (Å²) in [5.41, 5.74) is 3.65. The number of amides is 2. The normalized spacial score (nSPS) is 18.6. The first-order valence-electron chi connectivity index (χ1n) is 15.7. The van der Waals surface area contributed by atoms with Crippen LogP contribution in [0.1, 0.15) is 66.7 Å². The zero-order valence-corrected chi connectivity index (χ0v) is 27.3. The first-order valence-corrected chi connectivity index (χ1v) is 16.1. The number of pyridine rings is 2. The molecule has 5 rings (SSSR count). The van der Waals surface area contributed by atoms with Crippen LogP contribution in [0.4, 0.5) is 16.0 Å². The molecule has 44 heavy (non-hydrogen) atoms. The van der Waals surface area contributed by atoms with Crippen LogP contribution in [-0.4, -0.2) is 52.4 Å². The smallest absolute Gasteiger partial charge is 0.261 e. The van der Waals surface area contributed by atoms with E-state index in [1.54, 1.807) is 29.4 Å². The Balaban J connectivity index is 1.27. The van der Waals surface area contributed by atoms with Crippen molar-refractivity contribution in [3.05, 3.63) is 81.4 Å². The van der Waals surface area contributed by atoms with Gasteiger partial charge in [0.15, 0.2) is 0 Å². The van der Waals surface area contributed by atoms with Crippen LogP contribution < -0.4 is 10.2 Å². The molecule has 2 aromatic heterocycles. The molecule has 1 N–H and O–H groups in total. The number of hydrogen-bond donors (Lipinski definition) is 1. The molecule has 9 heteroatoms. The second-order valence-corrected chi connectivity index (χ2v) is 13.2. The minimum Gasteiger partial charge on any atom is -0.364 e.